The van der Waals surface area contributed by atoms with E-state index in [0.717, 1.165) is 0 Å². The minimum atomic E-state index is -0.716. The van der Waals surface area contributed by atoms with Gasteiger partial charge in [0, 0.05) is 12.0 Å². The molecule has 0 unspecified atom stereocenters. The van der Waals surface area contributed by atoms with E-state index in [1.54, 1.807) is 6.07 Å². The van der Waals surface area contributed by atoms with E-state index < -0.39 is 11.6 Å². The molecule has 6 heteroatoms. The smallest absolute Gasteiger partial charge is 0.309 e. The number of benzene rings is 1. The van der Waals surface area contributed by atoms with Gasteiger partial charge in [0.2, 0.25) is 0 Å². The van der Waals surface area contributed by atoms with Crippen LogP contribution in [0.2, 0.25) is 0 Å². The van der Waals surface area contributed by atoms with E-state index in [0.29, 0.717) is 17.7 Å². The number of carbonyl (C=O) groups is 1. The Morgan fingerprint density at radius 2 is 2.44 bits per heavy atom. The number of hydrogen-bond donors (Lipinski definition) is 1. The van der Waals surface area contributed by atoms with Crippen LogP contribution in [-0.4, -0.2) is 30.0 Å². The molecule has 1 atom stereocenters. The molecule has 0 fully saturated rings. The maximum Gasteiger partial charge on any atom is 0.309 e. The Bertz CT molecular complexity index is 501. The van der Waals surface area contributed by atoms with Crippen molar-refractivity contribution in [3.05, 3.63) is 29.6 Å². The van der Waals surface area contributed by atoms with E-state index >= 15 is 0 Å². The molecule has 5 nitrogen and oxygen atoms in total. The number of nitrogens with zero attached hydrogens (tertiary/aromatic N) is 1. The van der Waals surface area contributed by atoms with Gasteiger partial charge < -0.3 is 14.7 Å². The normalized spacial score (nSPS) is 18.1. The quantitative estimate of drug-likeness (QED) is 0.830. The van der Waals surface area contributed by atoms with Gasteiger partial charge in [-0.25, -0.2) is 4.39 Å². The summed E-state index contributed by atoms with van der Waals surface area (Å²) in [5.74, 6) is -1.51. The minimum absolute atomic E-state index is 0.101. The Labute approximate surface area is 103 Å². The summed E-state index contributed by atoms with van der Waals surface area (Å²) in [6.07, 6.45) is 0.118. The molecule has 96 valence electrons. The molecule has 1 N–H and O–H groups in total. The fourth-order valence-electron chi connectivity index (χ4n) is 1.66. The van der Waals surface area contributed by atoms with Crippen molar-refractivity contribution in [2.45, 2.75) is 18.9 Å². The number of carbonyl (C=O) groups excluding carboxylic acids is 1. The number of rotatable bonds is 3. The van der Waals surface area contributed by atoms with Gasteiger partial charge in [0.15, 0.2) is 11.6 Å². The molecular formula is C12H12FNO4. The lowest BCUT2D eigenvalue weighted by Gasteiger charge is -2.05. The van der Waals surface area contributed by atoms with Gasteiger partial charge in [-0.05, 0) is 18.2 Å². The van der Waals surface area contributed by atoms with Crippen LogP contribution in [0.5, 0.6) is 5.75 Å². The molecule has 1 aliphatic heterocycles. The molecular weight excluding hydrogens is 241 g/mol. The summed E-state index contributed by atoms with van der Waals surface area (Å²) in [5, 5.41) is 12.9. The van der Waals surface area contributed by atoms with E-state index in [2.05, 4.69) is 9.89 Å². The number of ether oxygens (including phenoxy) is 1. The second-order valence-electron chi connectivity index (χ2n) is 3.92. The first-order chi connectivity index (χ1) is 8.60. The molecule has 0 amide bonds. The van der Waals surface area contributed by atoms with E-state index in [1.165, 1.54) is 19.2 Å². The van der Waals surface area contributed by atoms with Gasteiger partial charge in [0.05, 0.1) is 19.2 Å². The molecule has 0 saturated carbocycles. The van der Waals surface area contributed by atoms with Crippen molar-refractivity contribution in [2.24, 2.45) is 5.16 Å². The number of phenolic OH excluding ortho intramolecular Hbond substituents is 1. The molecule has 0 aromatic heterocycles. The fourth-order valence-corrected chi connectivity index (χ4v) is 1.66. The first-order valence-electron chi connectivity index (χ1n) is 5.38. The number of halogens is 1. The third-order valence-corrected chi connectivity index (χ3v) is 2.64. The molecule has 1 aromatic rings. The van der Waals surface area contributed by atoms with Gasteiger partial charge in [-0.2, -0.15) is 0 Å². The maximum absolute atomic E-state index is 13.2. The van der Waals surface area contributed by atoms with Crippen LogP contribution in [0.1, 0.15) is 18.4 Å². The van der Waals surface area contributed by atoms with Crippen LogP contribution in [-0.2, 0) is 14.4 Å². The van der Waals surface area contributed by atoms with Crippen LogP contribution in [0.25, 0.3) is 0 Å². The lowest BCUT2D eigenvalue weighted by atomic mass is 10.0. The molecule has 1 aliphatic rings. The predicted octanol–water partition coefficient (Wildman–Crippen LogP) is 1.59. The first-order valence-corrected chi connectivity index (χ1v) is 5.38. The van der Waals surface area contributed by atoms with Crippen molar-refractivity contribution in [1.82, 2.24) is 0 Å². The van der Waals surface area contributed by atoms with Gasteiger partial charge in [-0.15, -0.1) is 0 Å². The zero-order valence-electron chi connectivity index (χ0n) is 9.72. The third-order valence-electron chi connectivity index (χ3n) is 2.64. The van der Waals surface area contributed by atoms with E-state index in [9.17, 15) is 9.18 Å². The highest BCUT2D eigenvalue weighted by Crippen LogP contribution is 2.22. The highest BCUT2D eigenvalue weighted by atomic mass is 19.1. The number of methoxy groups -OCH3 is 1. The molecule has 1 heterocycles. The second kappa shape index (κ2) is 5.03. The summed E-state index contributed by atoms with van der Waals surface area (Å²) in [6.45, 7) is 0. The highest BCUT2D eigenvalue weighted by molar-refractivity contribution is 6.01. The zero-order valence-corrected chi connectivity index (χ0v) is 9.72. The lowest BCUT2D eigenvalue weighted by molar-refractivity contribution is -0.143. The average molecular weight is 253 g/mol. The Hall–Kier alpha value is -2.11. The van der Waals surface area contributed by atoms with Crippen LogP contribution < -0.4 is 0 Å². The Morgan fingerprint density at radius 3 is 3.11 bits per heavy atom. The van der Waals surface area contributed by atoms with Gasteiger partial charge >= 0.3 is 5.97 Å². The fraction of sp³-hybridized carbons (Fsp3) is 0.333. The summed E-state index contributed by atoms with van der Waals surface area (Å²) in [7, 11) is 1.30. The first kappa shape index (κ1) is 12.3. The van der Waals surface area contributed by atoms with Crippen molar-refractivity contribution < 1.29 is 23.9 Å². The molecule has 0 bridgehead atoms. The summed E-state index contributed by atoms with van der Waals surface area (Å²) >= 11 is 0. The summed E-state index contributed by atoms with van der Waals surface area (Å²) in [4.78, 5) is 16.1. The van der Waals surface area contributed by atoms with Gasteiger partial charge in [0.1, 0.15) is 6.10 Å². The molecule has 0 spiro atoms. The topological polar surface area (TPSA) is 68.1 Å². The standard InChI is InChI=1S/C12H12FNO4/c1-17-12(16)6-8-5-10(14-18-8)7-2-3-11(15)9(13)4-7/h2-4,8,15H,5-6H2,1H3/t8-/m1/s1. The zero-order chi connectivity index (χ0) is 13.1. The number of hydrogen-bond acceptors (Lipinski definition) is 5. The van der Waals surface area contributed by atoms with Crippen LogP contribution >= 0.6 is 0 Å². The number of esters is 1. The van der Waals surface area contributed by atoms with Gasteiger partial charge in [-0.1, -0.05) is 5.16 Å². The number of oxime groups is 1. The molecule has 0 saturated heterocycles. The summed E-state index contributed by atoms with van der Waals surface area (Å²) in [5.41, 5.74) is 1.07. The van der Waals surface area contributed by atoms with Crippen LogP contribution in [0.4, 0.5) is 4.39 Å². The Kier molecular flexibility index (Phi) is 3.45. The third kappa shape index (κ3) is 2.58. The van der Waals surface area contributed by atoms with Crippen LogP contribution in [0, 0.1) is 5.82 Å². The Morgan fingerprint density at radius 1 is 1.67 bits per heavy atom. The lowest BCUT2D eigenvalue weighted by Crippen LogP contribution is -2.15. The van der Waals surface area contributed by atoms with E-state index in [-0.39, 0.29) is 18.5 Å². The minimum Gasteiger partial charge on any atom is -0.505 e. The van der Waals surface area contributed by atoms with E-state index in [4.69, 9.17) is 9.94 Å². The van der Waals surface area contributed by atoms with Crippen molar-refractivity contribution in [1.29, 1.82) is 0 Å². The molecule has 0 aliphatic carbocycles. The summed E-state index contributed by atoms with van der Waals surface area (Å²) in [6, 6.07) is 3.97. The second-order valence-corrected chi connectivity index (χ2v) is 3.92. The largest absolute Gasteiger partial charge is 0.505 e. The van der Waals surface area contributed by atoms with Crippen molar-refractivity contribution in [2.75, 3.05) is 7.11 Å². The maximum atomic E-state index is 13.2. The van der Waals surface area contributed by atoms with Crippen molar-refractivity contribution >= 4 is 11.7 Å². The monoisotopic (exact) mass is 253 g/mol. The molecule has 2 rings (SSSR count). The predicted molar refractivity (Wildman–Crippen MR) is 60.7 cm³/mol. The van der Waals surface area contributed by atoms with Crippen LogP contribution in [0.3, 0.4) is 0 Å². The average Bonchev–Trinajstić information content (AvgIpc) is 2.81. The number of phenols is 1. The van der Waals surface area contributed by atoms with Crippen molar-refractivity contribution in [3.8, 4) is 5.75 Å². The molecule has 18 heavy (non-hydrogen) atoms. The SMILES string of the molecule is COC(=O)C[C@H]1CC(c2ccc(O)c(F)c2)=NO1. The highest BCUT2D eigenvalue weighted by Gasteiger charge is 2.25. The van der Waals surface area contributed by atoms with Gasteiger partial charge in [-0.3, -0.25) is 4.79 Å². The Balaban J connectivity index is 2.04. The van der Waals surface area contributed by atoms with Gasteiger partial charge in [0.25, 0.3) is 0 Å². The molecule has 0 radical (unpaired) electrons. The summed E-state index contributed by atoms with van der Waals surface area (Å²) < 4.78 is 17.7. The van der Waals surface area contributed by atoms with Crippen molar-refractivity contribution in [3.63, 3.8) is 0 Å². The molecule has 1 aromatic carbocycles. The van der Waals surface area contributed by atoms with E-state index in [1.807, 2.05) is 0 Å². The van der Waals surface area contributed by atoms with Crippen LogP contribution in [0.15, 0.2) is 23.4 Å². The number of aromatic hydroxyl groups is 1.